The van der Waals surface area contributed by atoms with Gasteiger partial charge in [0.05, 0.1) is 25.0 Å². The van der Waals surface area contributed by atoms with E-state index in [1.807, 2.05) is 76.2 Å². The first-order valence-corrected chi connectivity index (χ1v) is 17.8. The SMILES string of the molecule is CC(C)C(=O)Oc1ccc(CO)cc1[C@H](CCN(CC[C@@H](c1ccccc1)c1cc(CO)ccc1OC(=O)C(C)C)C(C)C)c1ccccc1. The second-order valence-corrected chi connectivity index (χ2v) is 13.8. The molecule has 7 nitrogen and oxygen atoms in total. The molecule has 0 unspecified atom stereocenters. The quantitative estimate of drug-likeness (QED) is 0.0857. The molecule has 0 saturated carbocycles. The molecule has 0 radical (unpaired) electrons. The van der Waals surface area contributed by atoms with E-state index in [0.29, 0.717) is 11.5 Å². The van der Waals surface area contributed by atoms with Gasteiger partial charge in [-0.2, -0.15) is 0 Å². The molecule has 266 valence electrons. The van der Waals surface area contributed by atoms with Crippen molar-refractivity contribution in [3.8, 4) is 11.5 Å². The number of benzene rings is 4. The van der Waals surface area contributed by atoms with Crippen LogP contribution in [0.25, 0.3) is 0 Å². The topological polar surface area (TPSA) is 96.3 Å². The summed E-state index contributed by atoms with van der Waals surface area (Å²) in [6.45, 7) is 12.9. The molecule has 0 aliphatic heterocycles. The Morgan fingerprint density at radius 3 is 1.28 bits per heavy atom. The summed E-state index contributed by atoms with van der Waals surface area (Å²) in [7, 11) is 0. The summed E-state index contributed by atoms with van der Waals surface area (Å²) in [4.78, 5) is 28.0. The third-order valence-electron chi connectivity index (χ3n) is 9.17. The highest BCUT2D eigenvalue weighted by Crippen LogP contribution is 2.38. The average molecular weight is 680 g/mol. The number of ether oxygens (including phenoxy) is 2. The Bertz CT molecular complexity index is 1550. The average Bonchev–Trinajstić information content (AvgIpc) is 3.12. The van der Waals surface area contributed by atoms with Crippen LogP contribution in [0.1, 0.15) is 99.6 Å². The van der Waals surface area contributed by atoms with Gasteiger partial charge in [-0.25, -0.2) is 0 Å². The minimum absolute atomic E-state index is 0.0906. The van der Waals surface area contributed by atoms with Gasteiger partial charge in [0.2, 0.25) is 0 Å². The molecule has 2 N–H and O–H groups in total. The maximum atomic E-state index is 12.8. The van der Waals surface area contributed by atoms with E-state index in [1.165, 1.54) is 0 Å². The molecule has 4 rings (SSSR count). The van der Waals surface area contributed by atoms with Crippen molar-refractivity contribution >= 4 is 11.9 Å². The predicted molar refractivity (Wildman–Crippen MR) is 198 cm³/mol. The summed E-state index contributed by atoms with van der Waals surface area (Å²) in [5, 5.41) is 20.1. The van der Waals surface area contributed by atoms with Crippen LogP contribution >= 0.6 is 0 Å². The number of carbonyl (C=O) groups is 2. The largest absolute Gasteiger partial charge is 0.426 e. The summed E-state index contributed by atoms with van der Waals surface area (Å²) < 4.78 is 11.8. The van der Waals surface area contributed by atoms with Crippen LogP contribution in [-0.2, 0) is 22.8 Å². The Labute approximate surface area is 297 Å². The molecule has 0 heterocycles. The minimum atomic E-state index is -0.297. The van der Waals surface area contributed by atoms with Crippen molar-refractivity contribution < 1.29 is 29.3 Å². The zero-order valence-electron chi connectivity index (χ0n) is 30.3. The van der Waals surface area contributed by atoms with E-state index in [9.17, 15) is 19.8 Å². The van der Waals surface area contributed by atoms with E-state index in [2.05, 4.69) is 43.0 Å². The van der Waals surface area contributed by atoms with Crippen LogP contribution in [0.15, 0.2) is 97.1 Å². The lowest BCUT2D eigenvalue weighted by molar-refractivity contribution is -0.138. The van der Waals surface area contributed by atoms with Crippen LogP contribution in [0.4, 0.5) is 0 Å². The molecule has 0 aromatic heterocycles. The summed E-state index contributed by atoms with van der Waals surface area (Å²) in [5.41, 5.74) is 5.48. The molecule has 0 aliphatic rings. The predicted octanol–water partition coefficient (Wildman–Crippen LogP) is 8.25. The zero-order chi connectivity index (χ0) is 36.2. The maximum absolute atomic E-state index is 12.8. The lowest BCUT2D eigenvalue weighted by Crippen LogP contribution is -2.34. The fourth-order valence-electron chi connectivity index (χ4n) is 6.17. The van der Waals surface area contributed by atoms with Crippen molar-refractivity contribution in [2.75, 3.05) is 13.1 Å². The number of aliphatic hydroxyl groups excluding tert-OH is 2. The second-order valence-electron chi connectivity index (χ2n) is 13.8. The highest BCUT2D eigenvalue weighted by atomic mass is 16.5. The van der Waals surface area contributed by atoms with Crippen LogP contribution in [0.2, 0.25) is 0 Å². The van der Waals surface area contributed by atoms with Gasteiger partial charge in [0.25, 0.3) is 0 Å². The van der Waals surface area contributed by atoms with Gasteiger partial charge in [-0.3, -0.25) is 9.59 Å². The summed E-state index contributed by atoms with van der Waals surface area (Å²) in [6, 6.07) is 31.8. The van der Waals surface area contributed by atoms with Crippen LogP contribution in [-0.4, -0.2) is 46.2 Å². The number of hydrogen-bond donors (Lipinski definition) is 2. The van der Waals surface area contributed by atoms with E-state index in [1.54, 1.807) is 24.3 Å². The van der Waals surface area contributed by atoms with E-state index >= 15 is 0 Å². The molecule has 0 amide bonds. The minimum Gasteiger partial charge on any atom is -0.426 e. The van der Waals surface area contributed by atoms with Crippen LogP contribution in [0, 0.1) is 11.8 Å². The fraction of sp³-hybridized carbons (Fsp3) is 0.395. The van der Waals surface area contributed by atoms with E-state index in [0.717, 1.165) is 59.3 Å². The van der Waals surface area contributed by atoms with Gasteiger partial charge in [-0.05, 0) is 86.3 Å². The van der Waals surface area contributed by atoms with Crippen LogP contribution in [0.3, 0.4) is 0 Å². The zero-order valence-corrected chi connectivity index (χ0v) is 30.3. The van der Waals surface area contributed by atoms with Gasteiger partial charge in [-0.1, -0.05) is 100 Å². The van der Waals surface area contributed by atoms with E-state index < -0.39 is 0 Å². The van der Waals surface area contributed by atoms with E-state index in [-0.39, 0.29) is 54.9 Å². The first-order chi connectivity index (χ1) is 24.0. The number of aliphatic hydroxyl groups is 2. The molecule has 4 aromatic rings. The highest BCUT2D eigenvalue weighted by molar-refractivity contribution is 5.75. The molecule has 50 heavy (non-hydrogen) atoms. The molecule has 2 atom stereocenters. The number of esters is 2. The summed E-state index contributed by atoms with van der Waals surface area (Å²) >= 11 is 0. The monoisotopic (exact) mass is 679 g/mol. The summed E-state index contributed by atoms with van der Waals surface area (Å²) in [5.74, 6) is -0.304. The van der Waals surface area contributed by atoms with E-state index in [4.69, 9.17) is 9.47 Å². The Kier molecular flexibility index (Phi) is 14.3. The van der Waals surface area contributed by atoms with Crippen LogP contribution in [0.5, 0.6) is 11.5 Å². The number of carbonyl (C=O) groups excluding carboxylic acids is 2. The molecule has 0 fully saturated rings. The number of nitrogens with zero attached hydrogens (tertiary/aromatic N) is 1. The van der Waals surface area contributed by atoms with Crippen LogP contribution < -0.4 is 9.47 Å². The van der Waals surface area contributed by atoms with Crippen molar-refractivity contribution in [1.29, 1.82) is 0 Å². The molecule has 4 aromatic carbocycles. The molecular formula is C43H53NO6. The fourth-order valence-corrected chi connectivity index (χ4v) is 6.17. The van der Waals surface area contributed by atoms with Gasteiger partial charge < -0.3 is 24.6 Å². The molecule has 0 saturated heterocycles. The number of rotatable bonds is 17. The summed E-state index contributed by atoms with van der Waals surface area (Å²) in [6.07, 6.45) is 1.49. The van der Waals surface area contributed by atoms with Gasteiger partial charge in [0.1, 0.15) is 11.5 Å². The Morgan fingerprint density at radius 1 is 0.580 bits per heavy atom. The third-order valence-corrected chi connectivity index (χ3v) is 9.17. The van der Waals surface area contributed by atoms with Crippen molar-refractivity contribution in [3.05, 3.63) is 130 Å². The van der Waals surface area contributed by atoms with Gasteiger partial charge in [0.15, 0.2) is 0 Å². The normalized spacial score (nSPS) is 12.8. The van der Waals surface area contributed by atoms with Crippen molar-refractivity contribution in [2.45, 2.75) is 85.5 Å². The number of hydrogen-bond acceptors (Lipinski definition) is 7. The molecule has 7 heteroatoms. The molecule has 0 aliphatic carbocycles. The van der Waals surface area contributed by atoms with Crippen molar-refractivity contribution in [3.63, 3.8) is 0 Å². The standard InChI is InChI=1S/C43H53NO6/c1-29(2)42(47)49-40-19-17-32(27-45)25-38(40)36(34-13-9-7-10-14-34)21-23-44(31(5)6)24-22-37(35-15-11-8-12-16-35)39-26-33(28-46)18-20-41(39)50-43(48)30(3)4/h7-20,25-26,29-31,36-37,45-46H,21-24,27-28H2,1-6H3/t36-,37+. The van der Waals surface area contributed by atoms with Gasteiger partial charge in [-0.15, -0.1) is 0 Å². The van der Waals surface area contributed by atoms with Gasteiger partial charge >= 0.3 is 11.9 Å². The molecular weight excluding hydrogens is 626 g/mol. The van der Waals surface area contributed by atoms with Crippen molar-refractivity contribution in [2.24, 2.45) is 11.8 Å². The third kappa shape index (κ3) is 10.4. The Balaban J connectivity index is 1.67. The molecule has 0 spiro atoms. The second kappa shape index (κ2) is 18.6. The Morgan fingerprint density at radius 2 is 0.960 bits per heavy atom. The maximum Gasteiger partial charge on any atom is 0.313 e. The lowest BCUT2D eigenvalue weighted by Gasteiger charge is -2.31. The first kappa shape index (κ1) is 38.5. The smallest absolute Gasteiger partial charge is 0.313 e. The first-order valence-electron chi connectivity index (χ1n) is 17.8. The van der Waals surface area contributed by atoms with Gasteiger partial charge in [0, 0.05) is 29.0 Å². The highest BCUT2D eigenvalue weighted by Gasteiger charge is 2.26. The Hall–Kier alpha value is -4.30. The lowest BCUT2D eigenvalue weighted by atomic mass is 9.85. The van der Waals surface area contributed by atoms with Crippen molar-refractivity contribution in [1.82, 2.24) is 4.90 Å². The molecule has 0 bridgehead atoms.